The Kier molecular flexibility index (Phi) is 13.2. The van der Waals surface area contributed by atoms with E-state index in [0.29, 0.717) is 12.8 Å². The van der Waals surface area contributed by atoms with Gasteiger partial charge in [-0.1, -0.05) is 27.7 Å². The summed E-state index contributed by atoms with van der Waals surface area (Å²) in [6, 6.07) is 6.09. The van der Waals surface area contributed by atoms with Crippen molar-refractivity contribution in [2.24, 2.45) is 32.9 Å². The molecule has 0 aliphatic carbocycles. The van der Waals surface area contributed by atoms with Gasteiger partial charge in [-0.25, -0.2) is 17.3 Å². The first kappa shape index (κ1) is 35.8. The monoisotopic (exact) mass is 723 g/mol. The number of hydrogen-bond donors (Lipinski definition) is 5. The van der Waals surface area contributed by atoms with Gasteiger partial charge in [0.1, 0.15) is 21.1 Å². The Morgan fingerprint density at radius 3 is 2.18 bits per heavy atom. The van der Waals surface area contributed by atoms with Crippen molar-refractivity contribution in [2.45, 2.75) is 17.1 Å². The van der Waals surface area contributed by atoms with Gasteiger partial charge < -0.3 is 32.4 Å². The molecule has 1 unspecified atom stereocenters. The lowest BCUT2D eigenvalue weighted by Crippen LogP contribution is -2.24. The Hall–Kier alpha value is -3.69. The Morgan fingerprint density at radius 1 is 1.02 bits per heavy atom. The third-order valence-corrected chi connectivity index (χ3v) is 9.91. The maximum Gasteiger partial charge on any atom is 0.751 e. The highest BCUT2D eigenvalue weighted by Crippen LogP contribution is 2.50. The molecule has 0 aliphatic heterocycles. The van der Waals surface area contributed by atoms with E-state index in [-0.39, 0.29) is 85.4 Å². The number of benzene rings is 2. The number of sulfonamides is 1. The number of rotatable bonds is 17. The van der Waals surface area contributed by atoms with Crippen LogP contribution >= 0.6 is 42.8 Å². The highest BCUT2D eigenvalue weighted by molar-refractivity contribution is 7.91. The van der Waals surface area contributed by atoms with Gasteiger partial charge in [-0.2, -0.15) is 9.98 Å². The molecule has 21 heteroatoms. The molecule has 15 nitrogen and oxygen atoms in total. The Morgan fingerprint density at radius 2 is 1.62 bits per heavy atom. The molecule has 1 heterocycles. The molecular weight excluding hydrogens is 697 g/mol. The number of nitrogens with two attached hydrogens (primary N) is 4. The summed E-state index contributed by atoms with van der Waals surface area (Å²) in [5, 5.41) is 9.13. The van der Waals surface area contributed by atoms with Gasteiger partial charge >= 0.3 is 8.25 Å². The molecule has 0 spiro atoms. The number of ether oxygens (including phenoxy) is 2. The number of nitrogens with one attached hydrogen (secondary N) is 1. The largest absolute Gasteiger partial charge is 0.751 e. The number of nitrogens with zero attached hydrogens (tertiary/aromatic N) is 3. The van der Waals surface area contributed by atoms with Crippen molar-refractivity contribution in [2.75, 3.05) is 33.0 Å². The molecule has 9 N–H and O–H groups in total. The van der Waals surface area contributed by atoms with Crippen LogP contribution in [0.4, 0.5) is 4.39 Å². The predicted octanol–water partition coefficient (Wildman–Crippen LogP) is 3.29. The maximum absolute atomic E-state index is 13.7. The number of fused-ring (bicyclic) bond motifs is 1. The van der Waals surface area contributed by atoms with E-state index in [1.807, 2.05) is 0 Å². The van der Waals surface area contributed by atoms with Crippen molar-refractivity contribution >= 4 is 74.8 Å². The summed E-state index contributed by atoms with van der Waals surface area (Å²) in [7, 11) is -7.15. The van der Waals surface area contributed by atoms with Gasteiger partial charge in [0.15, 0.2) is 35.9 Å². The number of guanidine groups is 2. The summed E-state index contributed by atoms with van der Waals surface area (Å²) < 4.78 is 75.7. The van der Waals surface area contributed by atoms with Gasteiger partial charge in [0.25, 0.3) is 10.0 Å². The Balaban J connectivity index is 1.78. The van der Waals surface area contributed by atoms with E-state index in [1.54, 1.807) is 6.07 Å². The summed E-state index contributed by atoms with van der Waals surface area (Å²) in [6.45, 7) is 0.0287. The molecule has 2 aromatic carbocycles. The average Bonchev–Trinajstić information content (AvgIpc) is 3.43. The number of aliphatic imine (C=N–C) groups is 2. The van der Waals surface area contributed by atoms with E-state index in [9.17, 15) is 17.4 Å². The van der Waals surface area contributed by atoms with Gasteiger partial charge in [-0.05, 0) is 18.2 Å². The summed E-state index contributed by atoms with van der Waals surface area (Å²) in [5.74, 6) is -1.07. The second-order valence-electron chi connectivity index (χ2n) is 8.60. The summed E-state index contributed by atoms with van der Waals surface area (Å²) >= 11 is 14.1. The van der Waals surface area contributed by atoms with Crippen LogP contribution in [0.15, 0.2) is 38.5 Å². The molecule has 0 bridgehead atoms. The smallest absolute Gasteiger partial charge is 0.488 e. The molecule has 242 valence electrons. The molecule has 0 saturated carbocycles. The molecule has 1 atom stereocenters. The van der Waals surface area contributed by atoms with Crippen LogP contribution in [-0.4, -0.2) is 53.4 Å². The SMILES string of the molecule is N#Cc1ccc(O[P+](=O)OCNS(=O)(=O)c2cc3c(Cl)c(OCCCN=C(N)N)c(OCCCN=C(N)N)c(Cl)c3s2)cc1F. The quantitative estimate of drug-likeness (QED) is 0.0442. The number of hydrogen-bond acceptors (Lipinski definition) is 11. The second-order valence-corrected chi connectivity index (χ2v) is 13.3. The topological polar surface area (TPSA) is 253 Å². The van der Waals surface area contributed by atoms with E-state index in [4.69, 9.17) is 69.9 Å². The molecule has 0 fully saturated rings. The van der Waals surface area contributed by atoms with Crippen LogP contribution in [0, 0.1) is 17.1 Å². The zero-order valence-electron chi connectivity index (χ0n) is 23.2. The van der Waals surface area contributed by atoms with Gasteiger partial charge in [0.05, 0.1) is 28.5 Å². The van der Waals surface area contributed by atoms with Crippen molar-refractivity contribution in [3.63, 3.8) is 0 Å². The molecule has 0 aliphatic rings. The maximum atomic E-state index is 13.7. The van der Waals surface area contributed by atoms with E-state index in [0.717, 1.165) is 23.5 Å². The lowest BCUT2D eigenvalue weighted by Gasteiger charge is -2.16. The fourth-order valence-electron chi connectivity index (χ4n) is 3.39. The lowest BCUT2D eigenvalue weighted by atomic mass is 10.2. The van der Waals surface area contributed by atoms with Crippen LogP contribution in [0.25, 0.3) is 10.1 Å². The molecular formula is C24H27Cl2FN8O7PS2+. The summed E-state index contributed by atoms with van der Waals surface area (Å²) in [4.78, 5) is 7.77. The van der Waals surface area contributed by atoms with Crippen molar-refractivity contribution < 1.29 is 35.9 Å². The van der Waals surface area contributed by atoms with E-state index >= 15 is 0 Å². The second kappa shape index (κ2) is 16.6. The van der Waals surface area contributed by atoms with Crippen LogP contribution in [0.1, 0.15) is 18.4 Å². The van der Waals surface area contributed by atoms with Crippen molar-refractivity contribution in [1.29, 1.82) is 5.26 Å². The molecule has 45 heavy (non-hydrogen) atoms. The molecule has 0 amide bonds. The van der Waals surface area contributed by atoms with Crippen LogP contribution in [-0.2, 0) is 19.1 Å². The van der Waals surface area contributed by atoms with Crippen LogP contribution in [0.2, 0.25) is 10.0 Å². The first-order chi connectivity index (χ1) is 21.3. The third-order valence-electron chi connectivity index (χ3n) is 5.36. The summed E-state index contributed by atoms with van der Waals surface area (Å²) in [5.41, 5.74) is 21.1. The lowest BCUT2D eigenvalue weighted by molar-refractivity contribution is 0.266. The van der Waals surface area contributed by atoms with Crippen molar-refractivity contribution in [3.05, 3.63) is 45.7 Å². The van der Waals surface area contributed by atoms with E-state index in [1.165, 1.54) is 12.1 Å². The van der Waals surface area contributed by atoms with Gasteiger partial charge in [-0.15, -0.1) is 11.3 Å². The zero-order valence-corrected chi connectivity index (χ0v) is 27.2. The minimum Gasteiger partial charge on any atom is -0.488 e. The van der Waals surface area contributed by atoms with E-state index < -0.39 is 30.8 Å². The van der Waals surface area contributed by atoms with Crippen LogP contribution in [0.5, 0.6) is 17.2 Å². The molecule has 1 aromatic heterocycles. The normalized spacial score (nSPS) is 11.5. The van der Waals surface area contributed by atoms with Gasteiger partial charge in [0, 0.05) is 41.9 Å². The van der Waals surface area contributed by atoms with Crippen molar-refractivity contribution in [1.82, 2.24) is 4.72 Å². The zero-order chi connectivity index (χ0) is 33.1. The average molecular weight is 725 g/mol. The highest BCUT2D eigenvalue weighted by Gasteiger charge is 2.28. The van der Waals surface area contributed by atoms with Crippen LogP contribution in [0.3, 0.4) is 0 Å². The molecule has 3 aromatic rings. The highest BCUT2D eigenvalue weighted by atomic mass is 35.5. The minimum absolute atomic E-state index is 0.0375. The fourth-order valence-corrected chi connectivity index (χ4v) is 7.01. The Labute approximate surface area is 271 Å². The van der Waals surface area contributed by atoms with Crippen LogP contribution < -0.4 is 41.7 Å². The fraction of sp³-hybridized carbons (Fsp3) is 0.292. The van der Waals surface area contributed by atoms with Gasteiger partial charge in [0.2, 0.25) is 0 Å². The van der Waals surface area contributed by atoms with E-state index in [2.05, 4.69) is 14.7 Å². The molecule has 3 rings (SSSR count). The van der Waals surface area contributed by atoms with Crippen molar-refractivity contribution in [3.8, 4) is 23.3 Å². The minimum atomic E-state index is -4.24. The molecule has 0 radical (unpaired) electrons. The summed E-state index contributed by atoms with van der Waals surface area (Å²) in [6.07, 6.45) is 0.820. The standard InChI is InChI=1S/C24H27Cl2FN8O7PS2/c25-18-15-10-17(45(37,38)35-12-41-43(36)42-14-4-3-13(11-28)16(27)9-14)44-22(15)19(26)21(40-8-2-6-34-24(31)32)20(18)39-7-1-5-33-23(29)30/h3-4,9-10,35H,1-2,5-8,12H2,(H4,29,30,33)(H4,31,32,34)/q+1. The Bertz CT molecular complexity index is 1690. The number of nitriles is 1. The predicted molar refractivity (Wildman–Crippen MR) is 169 cm³/mol. The van der Waals surface area contributed by atoms with Gasteiger partial charge in [-0.3, -0.25) is 9.98 Å². The number of thiophene rings is 1. The number of halogens is 3. The first-order valence-electron chi connectivity index (χ1n) is 12.6. The molecule has 0 saturated heterocycles. The third kappa shape index (κ3) is 10.2. The first-order valence-corrected chi connectivity index (χ1v) is 16.8.